The summed E-state index contributed by atoms with van der Waals surface area (Å²) in [6, 6.07) is 6.70. The number of hydrogen-bond donors (Lipinski definition) is 1. The summed E-state index contributed by atoms with van der Waals surface area (Å²) in [7, 11) is 0. The third-order valence-electron chi connectivity index (χ3n) is 5.39. The number of amides is 1. The SMILES string of the molecule is CCN1C(=O)CCCc2cc(C(N)C3CCCCC3)ccc21. The van der Waals surface area contributed by atoms with E-state index in [1.54, 1.807) is 0 Å². The molecule has 1 unspecified atom stereocenters. The normalized spacial score (nSPS) is 21.4. The highest BCUT2D eigenvalue weighted by atomic mass is 16.2. The first-order valence-corrected chi connectivity index (χ1v) is 8.89. The zero-order valence-corrected chi connectivity index (χ0v) is 13.7. The van der Waals surface area contributed by atoms with Crippen LogP contribution in [0.3, 0.4) is 0 Å². The van der Waals surface area contributed by atoms with Crippen LogP contribution in [0.15, 0.2) is 18.2 Å². The van der Waals surface area contributed by atoms with Crippen LogP contribution in [0.1, 0.15) is 69.0 Å². The van der Waals surface area contributed by atoms with Crippen molar-refractivity contribution in [2.45, 2.75) is 64.3 Å². The van der Waals surface area contributed by atoms with Crippen LogP contribution in [0.2, 0.25) is 0 Å². The second-order valence-corrected chi connectivity index (χ2v) is 6.80. The zero-order chi connectivity index (χ0) is 15.5. The van der Waals surface area contributed by atoms with E-state index in [4.69, 9.17) is 5.73 Å². The van der Waals surface area contributed by atoms with Crippen LogP contribution in [0.25, 0.3) is 0 Å². The van der Waals surface area contributed by atoms with Crippen LogP contribution >= 0.6 is 0 Å². The molecule has 0 saturated heterocycles. The molecule has 1 saturated carbocycles. The molecule has 22 heavy (non-hydrogen) atoms. The number of hydrogen-bond acceptors (Lipinski definition) is 2. The molecule has 3 rings (SSSR count). The van der Waals surface area contributed by atoms with Crippen molar-refractivity contribution in [3.63, 3.8) is 0 Å². The quantitative estimate of drug-likeness (QED) is 0.918. The Bertz CT molecular complexity index is 534. The molecule has 1 amide bonds. The maximum atomic E-state index is 12.2. The van der Waals surface area contributed by atoms with Gasteiger partial charge in [-0.1, -0.05) is 31.4 Å². The van der Waals surface area contributed by atoms with Crippen molar-refractivity contribution in [2.24, 2.45) is 11.7 Å². The van der Waals surface area contributed by atoms with E-state index >= 15 is 0 Å². The molecule has 0 radical (unpaired) electrons. The van der Waals surface area contributed by atoms with Gasteiger partial charge >= 0.3 is 0 Å². The van der Waals surface area contributed by atoms with Crippen LogP contribution in [-0.2, 0) is 11.2 Å². The third-order valence-corrected chi connectivity index (χ3v) is 5.39. The lowest BCUT2D eigenvalue weighted by Crippen LogP contribution is -2.30. The number of nitrogens with two attached hydrogens (primary N) is 1. The average molecular weight is 300 g/mol. The Kier molecular flexibility index (Phi) is 4.82. The Morgan fingerprint density at radius 2 is 1.95 bits per heavy atom. The molecule has 0 bridgehead atoms. The Morgan fingerprint density at radius 3 is 2.68 bits per heavy atom. The molecule has 120 valence electrons. The van der Waals surface area contributed by atoms with E-state index in [2.05, 4.69) is 25.1 Å². The van der Waals surface area contributed by atoms with Gasteiger partial charge in [-0.05, 0) is 55.7 Å². The lowest BCUT2D eigenvalue weighted by molar-refractivity contribution is -0.118. The van der Waals surface area contributed by atoms with E-state index in [-0.39, 0.29) is 11.9 Å². The predicted octanol–water partition coefficient (Wildman–Crippen LogP) is 3.96. The maximum Gasteiger partial charge on any atom is 0.226 e. The van der Waals surface area contributed by atoms with Gasteiger partial charge in [0.05, 0.1) is 0 Å². The minimum Gasteiger partial charge on any atom is -0.324 e. The molecule has 3 nitrogen and oxygen atoms in total. The Morgan fingerprint density at radius 1 is 1.18 bits per heavy atom. The second-order valence-electron chi connectivity index (χ2n) is 6.80. The van der Waals surface area contributed by atoms with Gasteiger partial charge in [0.1, 0.15) is 0 Å². The number of fused-ring (bicyclic) bond motifs is 1. The Labute approximate surface area is 133 Å². The summed E-state index contributed by atoms with van der Waals surface area (Å²) in [6.07, 6.45) is 9.12. The summed E-state index contributed by atoms with van der Waals surface area (Å²) in [6.45, 7) is 2.80. The number of aryl methyl sites for hydroxylation is 1. The number of rotatable bonds is 3. The van der Waals surface area contributed by atoms with Crippen LogP contribution < -0.4 is 10.6 Å². The zero-order valence-electron chi connectivity index (χ0n) is 13.7. The van der Waals surface area contributed by atoms with Crippen LogP contribution in [0.4, 0.5) is 5.69 Å². The predicted molar refractivity (Wildman–Crippen MR) is 90.9 cm³/mol. The summed E-state index contributed by atoms with van der Waals surface area (Å²) in [5, 5.41) is 0. The van der Waals surface area contributed by atoms with Crippen molar-refractivity contribution in [3.05, 3.63) is 29.3 Å². The van der Waals surface area contributed by atoms with Gasteiger partial charge < -0.3 is 10.6 Å². The summed E-state index contributed by atoms with van der Waals surface area (Å²) >= 11 is 0. The number of anilines is 1. The van der Waals surface area contributed by atoms with Crippen molar-refractivity contribution >= 4 is 11.6 Å². The number of nitrogens with zero attached hydrogens (tertiary/aromatic N) is 1. The van der Waals surface area contributed by atoms with Crippen molar-refractivity contribution < 1.29 is 4.79 Å². The van der Waals surface area contributed by atoms with Crippen LogP contribution in [0, 0.1) is 5.92 Å². The minimum absolute atomic E-state index is 0.152. The fraction of sp³-hybridized carbons (Fsp3) is 0.632. The maximum absolute atomic E-state index is 12.2. The lowest BCUT2D eigenvalue weighted by atomic mass is 9.81. The molecule has 0 aromatic heterocycles. The van der Waals surface area contributed by atoms with E-state index in [0.29, 0.717) is 12.3 Å². The van der Waals surface area contributed by atoms with E-state index in [1.165, 1.54) is 43.2 Å². The van der Waals surface area contributed by atoms with Crippen molar-refractivity contribution in [3.8, 4) is 0 Å². The average Bonchev–Trinajstić information content (AvgIpc) is 2.72. The first-order valence-electron chi connectivity index (χ1n) is 8.89. The molecule has 2 aliphatic rings. The molecule has 1 aromatic carbocycles. The fourth-order valence-electron chi connectivity index (χ4n) is 4.09. The molecule has 1 atom stereocenters. The highest BCUT2D eigenvalue weighted by Gasteiger charge is 2.25. The minimum atomic E-state index is 0.152. The smallest absolute Gasteiger partial charge is 0.226 e. The number of carbonyl (C=O) groups excluding carboxylic acids is 1. The van der Waals surface area contributed by atoms with E-state index in [9.17, 15) is 4.79 Å². The van der Waals surface area contributed by atoms with Gasteiger partial charge in [0.2, 0.25) is 5.91 Å². The standard InChI is InChI=1S/C19H28N2O/c1-2-21-17-12-11-16(13-15(17)9-6-10-18(21)22)19(20)14-7-4-3-5-8-14/h11-14,19H,2-10,20H2,1H3. The van der Waals surface area contributed by atoms with Gasteiger partial charge in [0.25, 0.3) is 0 Å². The van der Waals surface area contributed by atoms with Gasteiger partial charge in [-0.3, -0.25) is 4.79 Å². The molecule has 1 heterocycles. The highest BCUT2D eigenvalue weighted by molar-refractivity contribution is 5.94. The first kappa shape index (κ1) is 15.5. The van der Waals surface area contributed by atoms with Crippen molar-refractivity contribution in [1.82, 2.24) is 0 Å². The lowest BCUT2D eigenvalue weighted by Gasteiger charge is -2.29. The fourth-order valence-corrected chi connectivity index (χ4v) is 4.09. The molecule has 0 spiro atoms. The van der Waals surface area contributed by atoms with Crippen LogP contribution in [0.5, 0.6) is 0 Å². The van der Waals surface area contributed by atoms with Gasteiger partial charge in [0.15, 0.2) is 0 Å². The van der Waals surface area contributed by atoms with Gasteiger partial charge in [0, 0.05) is 24.7 Å². The molecule has 1 aliphatic carbocycles. The van der Waals surface area contributed by atoms with E-state index in [0.717, 1.165) is 25.1 Å². The van der Waals surface area contributed by atoms with Crippen LogP contribution in [-0.4, -0.2) is 12.5 Å². The summed E-state index contributed by atoms with van der Waals surface area (Å²) in [4.78, 5) is 14.1. The van der Waals surface area contributed by atoms with Gasteiger partial charge in [-0.15, -0.1) is 0 Å². The van der Waals surface area contributed by atoms with Crippen molar-refractivity contribution in [2.75, 3.05) is 11.4 Å². The summed E-state index contributed by atoms with van der Waals surface area (Å²) in [5.41, 5.74) is 10.2. The monoisotopic (exact) mass is 300 g/mol. The molecular weight excluding hydrogens is 272 g/mol. The summed E-state index contributed by atoms with van der Waals surface area (Å²) in [5.74, 6) is 0.882. The molecule has 1 aliphatic heterocycles. The molecular formula is C19H28N2O. The Hall–Kier alpha value is -1.35. The second kappa shape index (κ2) is 6.82. The van der Waals surface area contributed by atoms with Gasteiger partial charge in [-0.25, -0.2) is 0 Å². The molecule has 3 heteroatoms. The topological polar surface area (TPSA) is 46.3 Å². The number of benzene rings is 1. The summed E-state index contributed by atoms with van der Waals surface area (Å²) < 4.78 is 0. The number of carbonyl (C=O) groups is 1. The molecule has 1 fully saturated rings. The Balaban J connectivity index is 1.86. The highest BCUT2D eigenvalue weighted by Crippen LogP contribution is 2.35. The van der Waals surface area contributed by atoms with Gasteiger partial charge in [-0.2, -0.15) is 0 Å². The van der Waals surface area contributed by atoms with E-state index in [1.807, 2.05) is 4.90 Å². The first-order chi connectivity index (χ1) is 10.7. The van der Waals surface area contributed by atoms with E-state index < -0.39 is 0 Å². The largest absolute Gasteiger partial charge is 0.324 e. The third kappa shape index (κ3) is 3.05. The van der Waals surface area contributed by atoms with Crippen molar-refractivity contribution in [1.29, 1.82) is 0 Å². The molecule has 1 aromatic rings. The molecule has 2 N–H and O–H groups in total.